The molecule has 1 saturated heterocycles. The number of anilines is 1. The third-order valence-electron chi connectivity index (χ3n) is 5.52. The summed E-state index contributed by atoms with van der Waals surface area (Å²) >= 11 is 1.60. The van der Waals surface area contributed by atoms with Gasteiger partial charge in [-0.3, -0.25) is 4.79 Å². The van der Waals surface area contributed by atoms with Crippen molar-refractivity contribution in [2.75, 3.05) is 25.0 Å². The van der Waals surface area contributed by atoms with Gasteiger partial charge in [-0.15, -0.1) is 10.2 Å². The highest BCUT2D eigenvalue weighted by atomic mass is 32.1. The van der Waals surface area contributed by atoms with Gasteiger partial charge in [0.2, 0.25) is 0 Å². The Morgan fingerprint density at radius 3 is 2.90 bits per heavy atom. The van der Waals surface area contributed by atoms with Gasteiger partial charge in [0.15, 0.2) is 10.8 Å². The first-order valence-corrected chi connectivity index (χ1v) is 10.9. The second-order valence-electron chi connectivity index (χ2n) is 7.37. The standard InChI is InChI=1S/C21H21N7O2S/c1-27(14-4-6-22-7-5-14)21-24-20-19(31-21)11-17(25-26-20)16-3-2-15(10-18(16)30-13-29)28-9-8-23-12-28/h2-3,8-14,22H,4-7H2,1H3. The van der Waals surface area contributed by atoms with Crippen molar-refractivity contribution in [3.63, 3.8) is 0 Å². The van der Waals surface area contributed by atoms with Crippen LogP contribution in [-0.2, 0) is 4.79 Å². The molecule has 0 saturated carbocycles. The van der Waals surface area contributed by atoms with Crippen LogP contribution in [0.1, 0.15) is 12.8 Å². The minimum atomic E-state index is 0.409. The number of aromatic nitrogens is 5. The lowest BCUT2D eigenvalue weighted by molar-refractivity contribution is -0.120. The fraction of sp³-hybridized carbons (Fsp3) is 0.286. The average molecular weight is 436 g/mol. The summed E-state index contributed by atoms with van der Waals surface area (Å²) in [5, 5.41) is 13.0. The molecule has 158 valence electrons. The van der Waals surface area contributed by atoms with Crippen molar-refractivity contribution in [2.45, 2.75) is 18.9 Å². The molecule has 0 bridgehead atoms. The van der Waals surface area contributed by atoms with E-state index in [4.69, 9.17) is 4.74 Å². The first-order chi connectivity index (χ1) is 15.2. The van der Waals surface area contributed by atoms with Gasteiger partial charge in [-0.2, -0.15) is 4.98 Å². The summed E-state index contributed by atoms with van der Waals surface area (Å²) in [6.45, 7) is 2.47. The van der Waals surface area contributed by atoms with Gasteiger partial charge in [0.25, 0.3) is 6.47 Å². The lowest BCUT2D eigenvalue weighted by atomic mass is 10.1. The fourth-order valence-corrected chi connectivity index (χ4v) is 4.78. The molecule has 1 aromatic carbocycles. The van der Waals surface area contributed by atoms with Crippen LogP contribution in [0, 0.1) is 0 Å². The van der Waals surface area contributed by atoms with Crippen molar-refractivity contribution in [3.05, 3.63) is 43.0 Å². The zero-order valence-electron chi connectivity index (χ0n) is 16.9. The molecule has 0 amide bonds. The van der Waals surface area contributed by atoms with Crippen LogP contribution in [0.2, 0.25) is 0 Å². The van der Waals surface area contributed by atoms with E-state index in [0.29, 0.717) is 35.2 Å². The maximum atomic E-state index is 11.1. The molecule has 10 heteroatoms. The molecule has 0 unspecified atom stereocenters. The van der Waals surface area contributed by atoms with Gasteiger partial charge in [0, 0.05) is 37.1 Å². The van der Waals surface area contributed by atoms with Gasteiger partial charge in [-0.25, -0.2) is 4.98 Å². The lowest BCUT2D eigenvalue weighted by Crippen LogP contribution is -2.41. The smallest absolute Gasteiger partial charge is 0.298 e. The van der Waals surface area contributed by atoms with Crippen LogP contribution in [0.5, 0.6) is 5.75 Å². The van der Waals surface area contributed by atoms with Crippen LogP contribution in [0.4, 0.5) is 5.13 Å². The Bertz CT molecular complexity index is 1200. The second-order valence-corrected chi connectivity index (χ2v) is 8.38. The Morgan fingerprint density at radius 1 is 1.26 bits per heavy atom. The van der Waals surface area contributed by atoms with Gasteiger partial charge >= 0.3 is 0 Å². The van der Waals surface area contributed by atoms with Gasteiger partial charge in [0.05, 0.1) is 22.4 Å². The molecule has 3 aromatic heterocycles. The Kier molecular flexibility index (Phi) is 5.31. The number of carbonyl (C=O) groups is 1. The number of nitrogens with one attached hydrogen (secondary N) is 1. The largest absolute Gasteiger partial charge is 0.428 e. The highest BCUT2D eigenvalue weighted by molar-refractivity contribution is 7.22. The summed E-state index contributed by atoms with van der Waals surface area (Å²) < 4.78 is 8.03. The third-order valence-corrected chi connectivity index (χ3v) is 6.60. The summed E-state index contributed by atoms with van der Waals surface area (Å²) in [7, 11) is 2.09. The van der Waals surface area contributed by atoms with Crippen molar-refractivity contribution < 1.29 is 9.53 Å². The molecule has 9 nitrogen and oxygen atoms in total. The third kappa shape index (κ3) is 3.87. The summed E-state index contributed by atoms with van der Waals surface area (Å²) in [6, 6.07) is 7.98. The quantitative estimate of drug-likeness (QED) is 0.462. The molecule has 1 aliphatic rings. The number of nitrogens with zero attached hydrogens (tertiary/aromatic N) is 6. The molecule has 31 heavy (non-hydrogen) atoms. The van der Waals surface area contributed by atoms with Gasteiger partial charge in [-0.1, -0.05) is 11.3 Å². The second kappa shape index (κ2) is 8.40. The molecule has 1 aliphatic heterocycles. The number of fused-ring (bicyclic) bond motifs is 1. The minimum Gasteiger partial charge on any atom is -0.428 e. The van der Waals surface area contributed by atoms with E-state index >= 15 is 0 Å². The Hall–Kier alpha value is -3.37. The SMILES string of the molecule is CN(c1nc2nnc(-c3ccc(-n4ccnc4)cc3OC=O)cc2s1)C1CCNCC1. The average Bonchev–Trinajstić information content (AvgIpc) is 3.49. The molecule has 0 radical (unpaired) electrons. The van der Waals surface area contributed by atoms with Crippen molar-refractivity contribution >= 4 is 33.3 Å². The molecule has 0 aliphatic carbocycles. The number of hydrogen-bond donors (Lipinski definition) is 1. The van der Waals surface area contributed by atoms with Crippen LogP contribution >= 0.6 is 11.3 Å². The highest BCUT2D eigenvalue weighted by Gasteiger charge is 2.21. The van der Waals surface area contributed by atoms with E-state index in [1.54, 1.807) is 29.9 Å². The molecule has 0 atom stereocenters. The molecule has 4 heterocycles. The highest BCUT2D eigenvalue weighted by Crippen LogP contribution is 2.35. The van der Waals surface area contributed by atoms with E-state index in [1.807, 2.05) is 29.0 Å². The topological polar surface area (TPSA) is 98.1 Å². The summed E-state index contributed by atoms with van der Waals surface area (Å²) in [4.78, 5) is 22.1. The molecular formula is C21H21N7O2S. The van der Waals surface area contributed by atoms with Gasteiger partial charge < -0.3 is 19.5 Å². The number of piperidine rings is 1. The van der Waals surface area contributed by atoms with Crippen LogP contribution in [0.3, 0.4) is 0 Å². The molecule has 5 rings (SSSR count). The fourth-order valence-electron chi connectivity index (χ4n) is 3.81. The van der Waals surface area contributed by atoms with Crippen molar-refractivity contribution in [2.24, 2.45) is 0 Å². The number of hydrogen-bond acceptors (Lipinski definition) is 9. The normalized spacial score (nSPS) is 14.6. The predicted molar refractivity (Wildman–Crippen MR) is 119 cm³/mol. The number of thiazole rings is 1. The molecule has 1 N–H and O–H groups in total. The minimum absolute atomic E-state index is 0.409. The van der Waals surface area contributed by atoms with E-state index in [1.165, 1.54) is 0 Å². The van der Waals surface area contributed by atoms with E-state index in [0.717, 1.165) is 41.5 Å². The monoisotopic (exact) mass is 435 g/mol. The van der Waals surface area contributed by atoms with Crippen LogP contribution in [0.15, 0.2) is 43.0 Å². The number of carbonyl (C=O) groups excluding carboxylic acids is 1. The number of imidazole rings is 1. The molecule has 4 aromatic rings. The van der Waals surface area contributed by atoms with Crippen LogP contribution in [0.25, 0.3) is 27.3 Å². The van der Waals surface area contributed by atoms with Crippen molar-refractivity contribution in [1.29, 1.82) is 0 Å². The first-order valence-electron chi connectivity index (χ1n) is 10.0. The Balaban J connectivity index is 1.49. The van der Waals surface area contributed by atoms with Crippen LogP contribution in [-0.4, -0.2) is 57.4 Å². The summed E-state index contributed by atoms with van der Waals surface area (Å²) in [5.74, 6) is 0.409. The van der Waals surface area contributed by atoms with Crippen LogP contribution < -0.4 is 15.0 Å². The zero-order valence-corrected chi connectivity index (χ0v) is 17.7. The maximum absolute atomic E-state index is 11.1. The number of rotatable bonds is 6. The summed E-state index contributed by atoms with van der Waals surface area (Å²) in [5.41, 5.74) is 2.77. The Morgan fingerprint density at radius 2 is 2.13 bits per heavy atom. The Labute approximate surface area is 182 Å². The molecule has 0 spiro atoms. The zero-order chi connectivity index (χ0) is 21.2. The number of benzene rings is 1. The lowest BCUT2D eigenvalue weighted by Gasteiger charge is -2.31. The maximum Gasteiger partial charge on any atom is 0.298 e. The van der Waals surface area contributed by atoms with Crippen molar-refractivity contribution in [3.8, 4) is 22.7 Å². The molecule has 1 fully saturated rings. The van der Waals surface area contributed by atoms with E-state index in [9.17, 15) is 4.79 Å². The summed E-state index contributed by atoms with van der Waals surface area (Å²) in [6.07, 6.45) is 7.39. The molecular weight excluding hydrogens is 414 g/mol. The van der Waals surface area contributed by atoms with E-state index < -0.39 is 0 Å². The van der Waals surface area contributed by atoms with E-state index in [2.05, 4.69) is 37.4 Å². The van der Waals surface area contributed by atoms with Crippen molar-refractivity contribution in [1.82, 2.24) is 30.0 Å². The number of ether oxygens (including phenoxy) is 1. The van der Waals surface area contributed by atoms with Gasteiger partial charge in [0.1, 0.15) is 5.75 Å². The van der Waals surface area contributed by atoms with E-state index in [-0.39, 0.29) is 0 Å². The van der Waals surface area contributed by atoms with Gasteiger partial charge in [-0.05, 0) is 44.1 Å². The predicted octanol–water partition coefficient (Wildman–Crippen LogP) is 2.66. The first kappa shape index (κ1) is 19.6.